The van der Waals surface area contributed by atoms with E-state index in [1.807, 2.05) is 31.2 Å². The minimum Gasteiger partial charge on any atom is -0.469 e. The molecule has 0 bridgehead atoms. The zero-order valence-corrected chi connectivity index (χ0v) is 7.49. The highest BCUT2D eigenvalue weighted by atomic mass is 16.3. The van der Waals surface area contributed by atoms with Crippen LogP contribution in [0, 0.1) is 5.92 Å². The summed E-state index contributed by atoms with van der Waals surface area (Å²) in [7, 11) is 0. The topological polar surface area (TPSA) is 26.3 Å². The molecule has 0 saturated carbocycles. The van der Waals surface area contributed by atoms with E-state index in [1.165, 1.54) is 5.92 Å². The van der Waals surface area contributed by atoms with Crippen LogP contribution >= 0.6 is 0 Å². The maximum Gasteiger partial charge on any atom is 0.111 e. The van der Waals surface area contributed by atoms with Crippen LogP contribution in [0.2, 0.25) is 0 Å². The second-order valence-corrected chi connectivity index (χ2v) is 3.01. The van der Waals surface area contributed by atoms with Crippen molar-refractivity contribution in [1.29, 1.82) is 0 Å². The standard InChI is InChI=1S/C11H11O2/c1-9(11-5-3-7-13-11)8-10-4-2-6-12-10/h2-7H,8H2,1H3. The summed E-state index contributed by atoms with van der Waals surface area (Å²) < 4.78 is 10.5. The highest BCUT2D eigenvalue weighted by molar-refractivity contribution is 5.21. The largest absolute Gasteiger partial charge is 0.469 e. The molecule has 2 aromatic heterocycles. The average molecular weight is 175 g/mol. The highest BCUT2D eigenvalue weighted by Crippen LogP contribution is 2.19. The van der Waals surface area contributed by atoms with Crippen molar-refractivity contribution in [3.8, 4) is 0 Å². The van der Waals surface area contributed by atoms with Crippen molar-refractivity contribution in [2.75, 3.05) is 0 Å². The number of rotatable bonds is 3. The molecule has 0 unspecified atom stereocenters. The van der Waals surface area contributed by atoms with E-state index in [4.69, 9.17) is 8.83 Å². The summed E-state index contributed by atoms with van der Waals surface area (Å²) in [4.78, 5) is 0. The van der Waals surface area contributed by atoms with E-state index >= 15 is 0 Å². The minimum atomic E-state index is 0.806. The molecule has 2 heteroatoms. The van der Waals surface area contributed by atoms with Gasteiger partial charge in [-0.3, -0.25) is 0 Å². The number of furan rings is 2. The fraction of sp³-hybridized carbons (Fsp3) is 0.182. The van der Waals surface area contributed by atoms with Gasteiger partial charge in [-0.05, 0) is 24.3 Å². The van der Waals surface area contributed by atoms with Gasteiger partial charge in [0.25, 0.3) is 0 Å². The van der Waals surface area contributed by atoms with Crippen LogP contribution in [-0.4, -0.2) is 0 Å². The summed E-state index contributed by atoms with van der Waals surface area (Å²) in [6.45, 7) is 2.04. The molecule has 67 valence electrons. The molecule has 0 fully saturated rings. The molecule has 2 nitrogen and oxygen atoms in total. The quantitative estimate of drug-likeness (QED) is 0.716. The zero-order valence-electron chi connectivity index (χ0n) is 7.49. The van der Waals surface area contributed by atoms with Gasteiger partial charge in [-0.2, -0.15) is 0 Å². The van der Waals surface area contributed by atoms with Gasteiger partial charge in [-0.1, -0.05) is 6.92 Å². The molecular weight excluding hydrogens is 164 g/mol. The molecule has 2 heterocycles. The normalized spacial score (nSPS) is 10.9. The van der Waals surface area contributed by atoms with Gasteiger partial charge >= 0.3 is 0 Å². The second-order valence-electron chi connectivity index (χ2n) is 3.01. The molecule has 0 aromatic carbocycles. The Kier molecular flexibility index (Phi) is 2.21. The molecule has 0 spiro atoms. The zero-order chi connectivity index (χ0) is 9.10. The summed E-state index contributed by atoms with van der Waals surface area (Å²) in [5.74, 6) is 3.07. The van der Waals surface area contributed by atoms with Gasteiger partial charge < -0.3 is 8.83 Å². The van der Waals surface area contributed by atoms with Crippen molar-refractivity contribution in [3.63, 3.8) is 0 Å². The monoisotopic (exact) mass is 175 g/mol. The predicted molar refractivity (Wildman–Crippen MR) is 49.1 cm³/mol. The fourth-order valence-corrected chi connectivity index (χ4v) is 1.28. The first-order valence-corrected chi connectivity index (χ1v) is 4.25. The van der Waals surface area contributed by atoms with Gasteiger partial charge in [0.05, 0.1) is 12.5 Å². The Bertz CT molecular complexity index is 332. The van der Waals surface area contributed by atoms with Crippen LogP contribution in [0.5, 0.6) is 0 Å². The van der Waals surface area contributed by atoms with Crippen LogP contribution in [0.15, 0.2) is 45.6 Å². The van der Waals surface area contributed by atoms with Gasteiger partial charge in [0.2, 0.25) is 0 Å². The molecule has 0 aliphatic rings. The van der Waals surface area contributed by atoms with Gasteiger partial charge in [0, 0.05) is 12.3 Å². The molecule has 1 radical (unpaired) electrons. The molecular formula is C11H11O2. The lowest BCUT2D eigenvalue weighted by atomic mass is 10.0. The van der Waals surface area contributed by atoms with E-state index in [2.05, 4.69) is 0 Å². The molecule has 2 rings (SSSR count). The molecule has 0 aliphatic heterocycles. The number of hydrogen-bond donors (Lipinski definition) is 0. The Morgan fingerprint density at radius 1 is 1.15 bits per heavy atom. The summed E-state index contributed by atoms with van der Waals surface area (Å²) in [5.41, 5.74) is 0. The average Bonchev–Trinajstić information content (AvgIpc) is 2.74. The third kappa shape index (κ3) is 1.83. The Balaban J connectivity index is 2.04. The van der Waals surface area contributed by atoms with Crippen LogP contribution in [0.4, 0.5) is 0 Å². The Labute approximate surface area is 77.2 Å². The maximum atomic E-state index is 5.27. The van der Waals surface area contributed by atoms with E-state index in [9.17, 15) is 0 Å². The predicted octanol–water partition coefficient (Wildman–Crippen LogP) is 3.06. The van der Waals surface area contributed by atoms with Crippen LogP contribution in [0.25, 0.3) is 0 Å². The Hall–Kier alpha value is -1.44. The van der Waals surface area contributed by atoms with Crippen LogP contribution in [0.3, 0.4) is 0 Å². The maximum absolute atomic E-state index is 5.27. The third-order valence-corrected chi connectivity index (χ3v) is 1.96. The van der Waals surface area contributed by atoms with E-state index < -0.39 is 0 Å². The SMILES string of the molecule is C[C](Cc1ccco1)c1ccco1. The van der Waals surface area contributed by atoms with Crippen molar-refractivity contribution in [3.05, 3.63) is 54.2 Å². The summed E-state index contributed by atoms with van der Waals surface area (Å²) in [6, 6.07) is 7.70. The smallest absolute Gasteiger partial charge is 0.111 e. The van der Waals surface area contributed by atoms with Crippen molar-refractivity contribution in [1.82, 2.24) is 0 Å². The van der Waals surface area contributed by atoms with Crippen LogP contribution in [-0.2, 0) is 6.42 Å². The molecule has 0 N–H and O–H groups in total. The minimum absolute atomic E-state index is 0.806. The second kappa shape index (κ2) is 3.52. The van der Waals surface area contributed by atoms with Crippen molar-refractivity contribution < 1.29 is 8.83 Å². The van der Waals surface area contributed by atoms with Gasteiger partial charge in [0.1, 0.15) is 11.5 Å². The first-order valence-electron chi connectivity index (χ1n) is 4.25. The van der Waals surface area contributed by atoms with E-state index in [1.54, 1.807) is 12.5 Å². The number of hydrogen-bond acceptors (Lipinski definition) is 2. The first kappa shape index (κ1) is 8.17. The molecule has 0 saturated heterocycles. The third-order valence-electron chi connectivity index (χ3n) is 1.96. The summed E-state index contributed by atoms with van der Waals surface area (Å²) in [5, 5.41) is 0. The molecule has 0 atom stereocenters. The fourth-order valence-electron chi connectivity index (χ4n) is 1.28. The van der Waals surface area contributed by atoms with Crippen molar-refractivity contribution in [2.45, 2.75) is 13.3 Å². The van der Waals surface area contributed by atoms with E-state index in [0.717, 1.165) is 17.9 Å². The van der Waals surface area contributed by atoms with Crippen LogP contribution < -0.4 is 0 Å². The first-order chi connectivity index (χ1) is 6.36. The lowest BCUT2D eigenvalue weighted by Gasteiger charge is -2.03. The summed E-state index contributed by atoms with van der Waals surface area (Å²) >= 11 is 0. The van der Waals surface area contributed by atoms with E-state index in [-0.39, 0.29) is 0 Å². The summed E-state index contributed by atoms with van der Waals surface area (Å²) in [6.07, 6.45) is 4.17. The Morgan fingerprint density at radius 2 is 1.92 bits per heavy atom. The highest BCUT2D eigenvalue weighted by Gasteiger charge is 2.11. The van der Waals surface area contributed by atoms with Crippen molar-refractivity contribution in [2.24, 2.45) is 0 Å². The molecule has 13 heavy (non-hydrogen) atoms. The van der Waals surface area contributed by atoms with E-state index in [0.29, 0.717) is 0 Å². The molecule has 0 amide bonds. The lowest BCUT2D eigenvalue weighted by Crippen LogP contribution is -1.96. The van der Waals surface area contributed by atoms with Gasteiger partial charge in [-0.25, -0.2) is 0 Å². The molecule has 2 aromatic rings. The van der Waals surface area contributed by atoms with Crippen molar-refractivity contribution >= 4 is 0 Å². The molecule has 0 aliphatic carbocycles. The Morgan fingerprint density at radius 3 is 2.54 bits per heavy atom. The van der Waals surface area contributed by atoms with Crippen LogP contribution in [0.1, 0.15) is 18.4 Å². The lowest BCUT2D eigenvalue weighted by molar-refractivity contribution is 0.488. The van der Waals surface area contributed by atoms with Gasteiger partial charge in [0.15, 0.2) is 0 Å². The van der Waals surface area contributed by atoms with Gasteiger partial charge in [-0.15, -0.1) is 0 Å².